The maximum atomic E-state index is 13.2. The molecule has 0 aliphatic heterocycles. The molecule has 0 saturated heterocycles. The van der Waals surface area contributed by atoms with Gasteiger partial charge in [-0.3, -0.25) is 4.79 Å². The second kappa shape index (κ2) is 5.09. The van der Waals surface area contributed by atoms with E-state index >= 15 is 0 Å². The highest BCUT2D eigenvalue weighted by Gasteiger charge is 2.28. The number of carbonyl (C=O) groups is 1. The highest BCUT2D eigenvalue weighted by Crippen LogP contribution is 2.31. The van der Waals surface area contributed by atoms with Gasteiger partial charge in [0.05, 0.1) is 4.47 Å². The van der Waals surface area contributed by atoms with Crippen molar-refractivity contribution >= 4 is 21.7 Å². The first kappa shape index (κ1) is 11.8. The lowest BCUT2D eigenvalue weighted by atomic mass is 10.0. The average Bonchev–Trinajstić information content (AvgIpc) is 3.07. The number of ketones is 1. The molecule has 1 nitrogen and oxygen atoms in total. The maximum absolute atomic E-state index is 13.2. The van der Waals surface area contributed by atoms with Gasteiger partial charge in [0.1, 0.15) is 11.6 Å². The number of Topliss-reactive ketones (excluding diaryl/α,β-unsaturated/α-hetero) is 1. The van der Waals surface area contributed by atoms with Crippen LogP contribution in [-0.2, 0) is 11.2 Å². The lowest BCUT2D eigenvalue weighted by Gasteiger charge is -2.04. The number of carbonyl (C=O) groups excluding carboxylic acids is 1. The molecule has 0 atom stereocenters. The van der Waals surface area contributed by atoms with Crippen molar-refractivity contribution in [3.05, 3.63) is 34.1 Å². The van der Waals surface area contributed by atoms with Gasteiger partial charge >= 0.3 is 0 Å². The molecule has 1 aliphatic carbocycles. The predicted molar refractivity (Wildman–Crippen MR) is 64.8 cm³/mol. The number of halogens is 2. The molecule has 3 heteroatoms. The Morgan fingerprint density at radius 1 is 1.44 bits per heavy atom. The average molecular weight is 285 g/mol. The Morgan fingerprint density at radius 2 is 2.19 bits per heavy atom. The molecule has 0 amide bonds. The Hall–Kier alpha value is -0.700. The molecule has 0 bridgehead atoms. The van der Waals surface area contributed by atoms with Crippen molar-refractivity contribution in [1.29, 1.82) is 0 Å². The minimum Gasteiger partial charge on any atom is -0.299 e. The molecular formula is C13H14BrFO. The highest BCUT2D eigenvalue weighted by atomic mass is 79.9. The van der Waals surface area contributed by atoms with Gasteiger partial charge in [0, 0.05) is 12.3 Å². The lowest BCUT2D eigenvalue weighted by molar-refractivity contribution is -0.120. The smallest absolute Gasteiger partial charge is 0.137 e. The van der Waals surface area contributed by atoms with Crippen molar-refractivity contribution in [3.8, 4) is 0 Å². The molecule has 1 fully saturated rings. The molecule has 1 aromatic carbocycles. The summed E-state index contributed by atoms with van der Waals surface area (Å²) in [5.41, 5.74) is 0.948. The second-order valence-corrected chi connectivity index (χ2v) is 5.10. The predicted octanol–water partition coefficient (Wildman–Crippen LogP) is 3.89. The second-order valence-electron chi connectivity index (χ2n) is 4.31. The summed E-state index contributed by atoms with van der Waals surface area (Å²) in [6.45, 7) is 0. The van der Waals surface area contributed by atoms with E-state index < -0.39 is 0 Å². The van der Waals surface area contributed by atoms with E-state index in [0.717, 1.165) is 31.2 Å². The van der Waals surface area contributed by atoms with Crippen LogP contribution in [0.1, 0.15) is 31.2 Å². The van der Waals surface area contributed by atoms with Gasteiger partial charge in [-0.1, -0.05) is 12.1 Å². The fraction of sp³-hybridized carbons (Fsp3) is 0.462. The van der Waals surface area contributed by atoms with Crippen molar-refractivity contribution in [2.75, 3.05) is 0 Å². The SMILES string of the molecule is O=C(CCCc1cccc(F)c1Br)C1CC1. The Kier molecular flexibility index (Phi) is 3.74. The normalized spacial score (nSPS) is 15.1. The van der Waals surface area contributed by atoms with Crippen LogP contribution in [0.4, 0.5) is 4.39 Å². The Morgan fingerprint density at radius 3 is 2.88 bits per heavy atom. The number of benzene rings is 1. The molecule has 2 rings (SSSR count). The van der Waals surface area contributed by atoms with E-state index in [1.807, 2.05) is 6.07 Å². The van der Waals surface area contributed by atoms with E-state index in [1.165, 1.54) is 6.07 Å². The molecule has 0 aromatic heterocycles. The number of hydrogen-bond acceptors (Lipinski definition) is 1. The van der Waals surface area contributed by atoms with Crippen molar-refractivity contribution in [1.82, 2.24) is 0 Å². The summed E-state index contributed by atoms with van der Waals surface area (Å²) in [5.74, 6) is 0.495. The van der Waals surface area contributed by atoms with Gasteiger partial charge in [-0.05, 0) is 53.2 Å². The van der Waals surface area contributed by atoms with Crippen LogP contribution in [-0.4, -0.2) is 5.78 Å². The first-order chi connectivity index (χ1) is 7.68. The van der Waals surface area contributed by atoms with Crippen molar-refractivity contribution < 1.29 is 9.18 Å². The quantitative estimate of drug-likeness (QED) is 0.802. The van der Waals surface area contributed by atoms with E-state index in [4.69, 9.17) is 0 Å². The molecular weight excluding hydrogens is 271 g/mol. The molecule has 0 radical (unpaired) electrons. The fourth-order valence-corrected chi connectivity index (χ4v) is 2.27. The molecule has 0 heterocycles. The van der Waals surface area contributed by atoms with Crippen molar-refractivity contribution in [2.45, 2.75) is 32.1 Å². The van der Waals surface area contributed by atoms with Crippen LogP contribution in [0.5, 0.6) is 0 Å². The summed E-state index contributed by atoms with van der Waals surface area (Å²) in [7, 11) is 0. The first-order valence-corrected chi connectivity index (χ1v) is 6.43. The van der Waals surface area contributed by atoms with Crippen LogP contribution in [0.3, 0.4) is 0 Å². The molecule has 16 heavy (non-hydrogen) atoms. The summed E-state index contributed by atoms with van der Waals surface area (Å²) < 4.78 is 13.7. The minimum atomic E-state index is -0.231. The van der Waals surface area contributed by atoms with E-state index in [9.17, 15) is 9.18 Å². The van der Waals surface area contributed by atoms with E-state index in [-0.39, 0.29) is 5.82 Å². The zero-order valence-corrected chi connectivity index (χ0v) is 10.6. The summed E-state index contributed by atoms with van der Waals surface area (Å²) in [5, 5.41) is 0. The van der Waals surface area contributed by atoms with Gasteiger partial charge in [-0.15, -0.1) is 0 Å². The van der Waals surface area contributed by atoms with Crippen LogP contribution < -0.4 is 0 Å². The molecule has 86 valence electrons. The number of hydrogen-bond donors (Lipinski definition) is 0. The van der Waals surface area contributed by atoms with Gasteiger partial charge in [-0.25, -0.2) is 4.39 Å². The number of aryl methyl sites for hydroxylation is 1. The lowest BCUT2D eigenvalue weighted by Crippen LogP contribution is -2.01. The van der Waals surface area contributed by atoms with Crippen LogP contribution >= 0.6 is 15.9 Å². The third kappa shape index (κ3) is 2.91. The molecule has 1 saturated carbocycles. The summed E-state index contributed by atoms with van der Waals surface area (Å²) >= 11 is 3.23. The maximum Gasteiger partial charge on any atom is 0.137 e. The topological polar surface area (TPSA) is 17.1 Å². The molecule has 0 N–H and O–H groups in total. The van der Waals surface area contributed by atoms with Crippen molar-refractivity contribution in [2.24, 2.45) is 5.92 Å². The van der Waals surface area contributed by atoms with E-state index in [2.05, 4.69) is 15.9 Å². The van der Waals surface area contributed by atoms with Gasteiger partial charge < -0.3 is 0 Å². The van der Waals surface area contributed by atoms with Gasteiger partial charge in [-0.2, -0.15) is 0 Å². The minimum absolute atomic E-state index is 0.231. The summed E-state index contributed by atoms with van der Waals surface area (Å²) in [6.07, 6.45) is 4.35. The zero-order chi connectivity index (χ0) is 11.5. The Bertz CT molecular complexity index is 399. The highest BCUT2D eigenvalue weighted by molar-refractivity contribution is 9.10. The summed E-state index contributed by atoms with van der Waals surface area (Å²) in [6, 6.07) is 5.04. The van der Waals surface area contributed by atoms with Crippen LogP contribution in [0, 0.1) is 11.7 Å². The third-order valence-corrected chi connectivity index (χ3v) is 3.82. The van der Waals surface area contributed by atoms with Crippen molar-refractivity contribution in [3.63, 3.8) is 0 Å². The number of rotatable bonds is 5. The Balaban J connectivity index is 1.84. The molecule has 1 aliphatic rings. The molecule has 1 aromatic rings. The largest absolute Gasteiger partial charge is 0.299 e. The first-order valence-electron chi connectivity index (χ1n) is 5.64. The molecule has 0 spiro atoms. The molecule has 0 unspecified atom stereocenters. The van der Waals surface area contributed by atoms with Crippen LogP contribution in [0.2, 0.25) is 0 Å². The van der Waals surface area contributed by atoms with E-state index in [0.29, 0.717) is 22.6 Å². The van der Waals surface area contributed by atoms with Gasteiger partial charge in [0.15, 0.2) is 0 Å². The zero-order valence-electron chi connectivity index (χ0n) is 9.01. The summed E-state index contributed by atoms with van der Waals surface area (Å²) in [4.78, 5) is 11.5. The van der Waals surface area contributed by atoms with Gasteiger partial charge in [0.25, 0.3) is 0 Å². The standard InChI is InChI=1S/C13H14BrFO/c14-13-10(3-1-5-11(13)15)4-2-6-12(16)9-7-8-9/h1,3,5,9H,2,4,6-8H2. The third-order valence-electron chi connectivity index (χ3n) is 2.93. The van der Waals surface area contributed by atoms with Crippen LogP contribution in [0.25, 0.3) is 0 Å². The fourth-order valence-electron chi connectivity index (χ4n) is 1.80. The van der Waals surface area contributed by atoms with E-state index in [1.54, 1.807) is 6.07 Å². The van der Waals surface area contributed by atoms with Gasteiger partial charge in [0.2, 0.25) is 0 Å². The van der Waals surface area contributed by atoms with Crippen LogP contribution in [0.15, 0.2) is 22.7 Å². The monoisotopic (exact) mass is 284 g/mol. The Labute approximate surface area is 103 Å².